The van der Waals surface area contributed by atoms with Gasteiger partial charge in [-0.1, -0.05) is 12.1 Å². The Labute approximate surface area is 152 Å². The van der Waals surface area contributed by atoms with E-state index in [2.05, 4.69) is 0 Å². The van der Waals surface area contributed by atoms with Crippen LogP contribution < -0.4 is 0 Å². The van der Waals surface area contributed by atoms with E-state index in [1.165, 1.54) is 23.1 Å². The summed E-state index contributed by atoms with van der Waals surface area (Å²) < 4.78 is 27.6. The van der Waals surface area contributed by atoms with Gasteiger partial charge in [-0.05, 0) is 17.7 Å². The molecule has 26 heavy (non-hydrogen) atoms. The minimum absolute atomic E-state index is 0.110. The van der Waals surface area contributed by atoms with Crippen molar-refractivity contribution in [3.8, 4) is 12.1 Å². The van der Waals surface area contributed by atoms with Gasteiger partial charge in [0, 0.05) is 19.3 Å². The predicted octanol–water partition coefficient (Wildman–Crippen LogP) is 1.04. The highest BCUT2D eigenvalue weighted by atomic mass is 32.2. The molecule has 1 rings (SSSR count). The molecule has 0 saturated heterocycles. The highest BCUT2D eigenvalue weighted by Crippen LogP contribution is 2.10. The van der Waals surface area contributed by atoms with Crippen molar-refractivity contribution in [3.63, 3.8) is 0 Å². The number of esters is 1. The smallest absolute Gasteiger partial charge is 0.338 e. The van der Waals surface area contributed by atoms with Gasteiger partial charge in [0.05, 0.1) is 36.3 Å². The second kappa shape index (κ2) is 10.2. The lowest BCUT2D eigenvalue weighted by Gasteiger charge is -2.20. The molecule has 0 heterocycles. The minimum Gasteiger partial charge on any atom is -0.452 e. The first kappa shape index (κ1) is 21.1. The van der Waals surface area contributed by atoms with Gasteiger partial charge in [0.25, 0.3) is 5.91 Å². The maximum absolute atomic E-state index is 12.1. The molecule has 138 valence electrons. The lowest BCUT2D eigenvalue weighted by Crippen LogP contribution is -2.36. The number of rotatable bonds is 9. The van der Waals surface area contributed by atoms with E-state index in [0.29, 0.717) is 5.56 Å². The van der Waals surface area contributed by atoms with Gasteiger partial charge in [0.2, 0.25) is 0 Å². The fourth-order valence-corrected chi connectivity index (χ4v) is 2.91. The Morgan fingerprint density at radius 3 is 2.31 bits per heavy atom. The summed E-state index contributed by atoms with van der Waals surface area (Å²) in [5.41, 5.74) is 0.581. The summed E-state index contributed by atoms with van der Waals surface area (Å²) >= 11 is 0. The van der Waals surface area contributed by atoms with E-state index in [0.717, 1.165) is 6.26 Å². The van der Waals surface area contributed by atoms with Gasteiger partial charge in [0.1, 0.15) is 0 Å². The molecule has 0 aliphatic carbocycles. The van der Waals surface area contributed by atoms with Crippen LogP contribution in [-0.4, -0.2) is 51.1 Å². The van der Waals surface area contributed by atoms with E-state index < -0.39 is 28.3 Å². The molecule has 0 saturated carbocycles. The second-order valence-corrected chi connectivity index (χ2v) is 7.68. The van der Waals surface area contributed by atoms with Gasteiger partial charge >= 0.3 is 5.97 Å². The van der Waals surface area contributed by atoms with Gasteiger partial charge in [-0.3, -0.25) is 4.79 Å². The molecule has 0 bridgehead atoms. The van der Waals surface area contributed by atoms with Gasteiger partial charge in [-0.15, -0.1) is 0 Å². The number of sulfone groups is 1. The van der Waals surface area contributed by atoms with Crippen LogP contribution in [0, 0.1) is 22.7 Å². The standard InChI is InChI=1S/C17H19N3O5S/c1-26(23,24)13-14-5-2-6-15(11-14)17(22)25-12-16(21)20(9-3-7-18)10-4-8-19/h2,5-6,11H,3-4,9-10,12-13H2,1H3. The van der Waals surface area contributed by atoms with Crippen LogP contribution in [-0.2, 0) is 25.1 Å². The van der Waals surface area contributed by atoms with E-state index in [-0.39, 0.29) is 37.2 Å². The van der Waals surface area contributed by atoms with Crippen molar-refractivity contribution >= 4 is 21.7 Å². The van der Waals surface area contributed by atoms with Gasteiger partial charge in [-0.25, -0.2) is 13.2 Å². The summed E-state index contributed by atoms with van der Waals surface area (Å²) in [4.78, 5) is 25.5. The molecule has 0 aliphatic heterocycles. The topological polar surface area (TPSA) is 128 Å². The first-order valence-corrected chi connectivity index (χ1v) is 9.78. The number of amides is 1. The molecule has 0 atom stereocenters. The number of hydrogen-bond donors (Lipinski definition) is 0. The number of nitrogens with zero attached hydrogens (tertiary/aromatic N) is 3. The summed E-state index contributed by atoms with van der Waals surface area (Å²) in [6.07, 6.45) is 1.31. The maximum Gasteiger partial charge on any atom is 0.338 e. The van der Waals surface area contributed by atoms with E-state index in [4.69, 9.17) is 15.3 Å². The summed E-state index contributed by atoms with van der Waals surface area (Å²) in [5, 5.41) is 17.2. The van der Waals surface area contributed by atoms with E-state index in [1.807, 2.05) is 12.1 Å². The molecule has 9 heteroatoms. The average Bonchev–Trinajstić information content (AvgIpc) is 2.58. The summed E-state index contributed by atoms with van der Waals surface area (Å²) in [6.45, 7) is -0.219. The second-order valence-electron chi connectivity index (χ2n) is 5.54. The van der Waals surface area contributed by atoms with Crippen molar-refractivity contribution in [2.24, 2.45) is 0 Å². The maximum atomic E-state index is 12.1. The summed E-state index contributed by atoms with van der Waals surface area (Å²) in [6, 6.07) is 9.79. The first-order valence-electron chi connectivity index (χ1n) is 7.72. The number of nitriles is 2. The van der Waals surface area contributed by atoms with Gasteiger partial charge in [-0.2, -0.15) is 10.5 Å². The molecular weight excluding hydrogens is 358 g/mol. The van der Waals surface area contributed by atoms with Crippen LogP contribution in [0.15, 0.2) is 24.3 Å². The molecule has 1 aromatic rings. The largest absolute Gasteiger partial charge is 0.452 e. The van der Waals surface area contributed by atoms with Crippen LogP contribution in [0.4, 0.5) is 0 Å². The predicted molar refractivity (Wildman–Crippen MR) is 92.3 cm³/mol. The fraction of sp³-hybridized carbons (Fsp3) is 0.412. The highest BCUT2D eigenvalue weighted by Gasteiger charge is 2.17. The van der Waals surface area contributed by atoms with Crippen molar-refractivity contribution < 1.29 is 22.7 Å². The molecule has 1 aromatic carbocycles. The zero-order valence-electron chi connectivity index (χ0n) is 14.3. The molecule has 0 fully saturated rings. The van der Waals surface area contributed by atoms with Crippen LogP contribution >= 0.6 is 0 Å². The first-order chi connectivity index (χ1) is 12.3. The van der Waals surface area contributed by atoms with Crippen molar-refractivity contribution in [1.82, 2.24) is 4.90 Å². The molecule has 8 nitrogen and oxygen atoms in total. The highest BCUT2D eigenvalue weighted by molar-refractivity contribution is 7.89. The Morgan fingerprint density at radius 2 is 1.77 bits per heavy atom. The van der Waals surface area contributed by atoms with Crippen LogP contribution in [0.5, 0.6) is 0 Å². The monoisotopic (exact) mass is 377 g/mol. The number of benzene rings is 1. The third kappa shape index (κ3) is 7.77. The van der Waals surface area contributed by atoms with E-state index in [9.17, 15) is 18.0 Å². The van der Waals surface area contributed by atoms with E-state index >= 15 is 0 Å². The number of hydrogen-bond acceptors (Lipinski definition) is 7. The quantitative estimate of drug-likeness (QED) is 0.588. The average molecular weight is 377 g/mol. The molecular formula is C17H19N3O5S. The normalized spacial score (nSPS) is 10.4. The van der Waals surface area contributed by atoms with Crippen molar-refractivity contribution in [2.75, 3.05) is 26.0 Å². The lowest BCUT2D eigenvalue weighted by molar-refractivity contribution is -0.134. The van der Waals surface area contributed by atoms with Gasteiger partial charge in [0.15, 0.2) is 16.4 Å². The van der Waals surface area contributed by atoms with Crippen LogP contribution in [0.1, 0.15) is 28.8 Å². The van der Waals surface area contributed by atoms with Crippen molar-refractivity contribution in [2.45, 2.75) is 18.6 Å². The fourth-order valence-electron chi connectivity index (χ4n) is 2.12. The molecule has 0 N–H and O–H groups in total. The number of ether oxygens (including phenoxy) is 1. The lowest BCUT2D eigenvalue weighted by atomic mass is 10.1. The van der Waals surface area contributed by atoms with Gasteiger partial charge < -0.3 is 9.64 Å². The Bertz CT molecular complexity index is 819. The van der Waals surface area contributed by atoms with Crippen LogP contribution in [0.2, 0.25) is 0 Å². The van der Waals surface area contributed by atoms with E-state index in [1.54, 1.807) is 6.07 Å². The molecule has 1 amide bonds. The summed E-state index contributed by atoms with van der Waals surface area (Å²) in [7, 11) is -3.24. The molecule has 0 aliphatic rings. The molecule has 0 unspecified atom stereocenters. The molecule has 0 radical (unpaired) electrons. The Morgan fingerprint density at radius 1 is 1.15 bits per heavy atom. The Balaban J connectivity index is 2.69. The third-order valence-corrected chi connectivity index (χ3v) is 4.12. The Kier molecular flexibility index (Phi) is 8.26. The minimum atomic E-state index is -3.24. The zero-order valence-corrected chi connectivity index (χ0v) is 15.2. The Hall–Kier alpha value is -2.91. The van der Waals surface area contributed by atoms with Crippen molar-refractivity contribution in [3.05, 3.63) is 35.4 Å². The van der Waals surface area contributed by atoms with Crippen LogP contribution in [0.25, 0.3) is 0 Å². The number of carbonyl (C=O) groups is 2. The van der Waals surface area contributed by atoms with Crippen molar-refractivity contribution in [1.29, 1.82) is 10.5 Å². The van der Waals surface area contributed by atoms with Crippen LogP contribution in [0.3, 0.4) is 0 Å². The SMILES string of the molecule is CS(=O)(=O)Cc1cccc(C(=O)OCC(=O)N(CCC#N)CCC#N)c1. The molecule has 0 spiro atoms. The number of carbonyl (C=O) groups excluding carboxylic acids is 2. The zero-order chi connectivity index (χ0) is 19.6. The third-order valence-electron chi connectivity index (χ3n) is 3.26. The summed E-state index contributed by atoms with van der Waals surface area (Å²) in [5.74, 6) is -1.46. The molecule has 0 aromatic heterocycles.